The number of rotatable bonds is 5. The zero-order valence-electron chi connectivity index (χ0n) is 10.0. The Labute approximate surface area is 105 Å². The molecule has 2 heterocycles. The Morgan fingerprint density at radius 3 is 2.94 bits per heavy atom. The van der Waals surface area contributed by atoms with Crippen molar-refractivity contribution in [2.24, 2.45) is 7.05 Å². The van der Waals surface area contributed by atoms with Crippen molar-refractivity contribution in [1.29, 1.82) is 0 Å². The average molecular weight is 257 g/mol. The summed E-state index contributed by atoms with van der Waals surface area (Å²) < 4.78 is 1.72. The molecule has 2 rings (SSSR count). The fraction of sp³-hybridized carbons (Fsp3) is 0.800. The molecule has 0 spiro atoms. The SMILES string of the molecule is Cn1ncnc1SCC(O)CN1CCNCC1. The number of β-amino-alcohol motifs (C(OH)–C–C–N with tert-alkyl or cyclic N) is 1. The van der Waals surface area contributed by atoms with Crippen molar-refractivity contribution in [3.63, 3.8) is 0 Å². The molecule has 1 unspecified atom stereocenters. The van der Waals surface area contributed by atoms with Crippen LogP contribution < -0.4 is 5.32 Å². The highest BCUT2D eigenvalue weighted by atomic mass is 32.2. The first kappa shape index (κ1) is 12.8. The molecule has 0 aromatic carbocycles. The Morgan fingerprint density at radius 2 is 2.29 bits per heavy atom. The van der Waals surface area contributed by atoms with E-state index in [0.29, 0.717) is 5.75 Å². The highest BCUT2D eigenvalue weighted by Crippen LogP contribution is 2.14. The largest absolute Gasteiger partial charge is 0.391 e. The molecule has 0 radical (unpaired) electrons. The lowest BCUT2D eigenvalue weighted by Crippen LogP contribution is -2.46. The Kier molecular flexibility index (Phi) is 4.78. The summed E-state index contributed by atoms with van der Waals surface area (Å²) in [5.74, 6) is 0.663. The van der Waals surface area contributed by atoms with Gasteiger partial charge in [-0.25, -0.2) is 9.67 Å². The van der Waals surface area contributed by atoms with E-state index in [2.05, 4.69) is 20.3 Å². The summed E-state index contributed by atoms with van der Waals surface area (Å²) >= 11 is 1.55. The van der Waals surface area contributed by atoms with Crippen LogP contribution in [0.2, 0.25) is 0 Å². The first-order valence-corrected chi connectivity index (χ1v) is 6.82. The molecule has 2 N–H and O–H groups in total. The molecule has 0 aliphatic carbocycles. The Hall–Kier alpha value is -0.630. The van der Waals surface area contributed by atoms with Crippen LogP contribution in [0.15, 0.2) is 11.5 Å². The quantitative estimate of drug-likeness (QED) is 0.672. The van der Waals surface area contributed by atoms with Gasteiger partial charge >= 0.3 is 0 Å². The first-order chi connectivity index (χ1) is 8.25. The molecule has 1 aromatic rings. The standard InChI is InChI=1S/C10H19N5OS/c1-14-10(12-8-13-14)17-7-9(16)6-15-4-2-11-3-5-15/h8-9,11,16H,2-7H2,1H3. The highest BCUT2D eigenvalue weighted by molar-refractivity contribution is 7.99. The Balaban J connectivity index is 1.70. The molecule has 0 bridgehead atoms. The molecule has 17 heavy (non-hydrogen) atoms. The fourth-order valence-electron chi connectivity index (χ4n) is 1.83. The van der Waals surface area contributed by atoms with Crippen molar-refractivity contribution < 1.29 is 5.11 Å². The topological polar surface area (TPSA) is 66.2 Å². The summed E-state index contributed by atoms with van der Waals surface area (Å²) in [6.45, 7) is 4.82. The van der Waals surface area contributed by atoms with Crippen molar-refractivity contribution in [3.8, 4) is 0 Å². The van der Waals surface area contributed by atoms with Crippen LogP contribution in [-0.4, -0.2) is 69.4 Å². The van der Waals surface area contributed by atoms with Crippen molar-refractivity contribution in [3.05, 3.63) is 6.33 Å². The maximum atomic E-state index is 9.95. The van der Waals surface area contributed by atoms with Crippen LogP contribution >= 0.6 is 11.8 Å². The van der Waals surface area contributed by atoms with Gasteiger partial charge in [0.05, 0.1) is 6.10 Å². The third-order valence-electron chi connectivity index (χ3n) is 2.75. The number of thioether (sulfide) groups is 1. The van der Waals surface area contributed by atoms with Crippen molar-refractivity contribution in [2.45, 2.75) is 11.3 Å². The van der Waals surface area contributed by atoms with E-state index in [9.17, 15) is 5.11 Å². The minimum Gasteiger partial charge on any atom is -0.391 e. The maximum Gasteiger partial charge on any atom is 0.185 e. The lowest BCUT2D eigenvalue weighted by molar-refractivity contribution is 0.121. The fourth-order valence-corrected chi connectivity index (χ4v) is 2.63. The highest BCUT2D eigenvalue weighted by Gasteiger charge is 2.15. The number of aryl methyl sites for hydroxylation is 1. The molecule has 1 aliphatic rings. The summed E-state index contributed by atoms with van der Waals surface area (Å²) in [7, 11) is 1.86. The van der Waals surface area contributed by atoms with E-state index in [1.165, 1.54) is 6.33 Å². The van der Waals surface area contributed by atoms with Crippen LogP contribution in [0.4, 0.5) is 0 Å². The van der Waals surface area contributed by atoms with E-state index in [0.717, 1.165) is 37.9 Å². The second kappa shape index (κ2) is 6.34. The number of hydrogen-bond donors (Lipinski definition) is 2. The maximum absolute atomic E-state index is 9.95. The van der Waals surface area contributed by atoms with E-state index in [-0.39, 0.29) is 6.10 Å². The van der Waals surface area contributed by atoms with Gasteiger partial charge in [-0.1, -0.05) is 11.8 Å². The van der Waals surface area contributed by atoms with Gasteiger partial charge in [0.25, 0.3) is 0 Å². The van der Waals surface area contributed by atoms with Gasteiger partial charge < -0.3 is 10.4 Å². The third kappa shape index (κ3) is 3.95. The van der Waals surface area contributed by atoms with Gasteiger partial charge in [0.2, 0.25) is 0 Å². The minimum absolute atomic E-state index is 0.310. The normalized spacial score (nSPS) is 19.4. The van der Waals surface area contributed by atoms with Gasteiger partial charge in [-0.15, -0.1) is 0 Å². The molecule has 96 valence electrons. The van der Waals surface area contributed by atoms with Gasteiger partial charge in [-0.05, 0) is 0 Å². The molecule has 0 saturated carbocycles. The van der Waals surface area contributed by atoms with Gasteiger partial charge in [0, 0.05) is 45.5 Å². The summed E-state index contributed by atoms with van der Waals surface area (Å²) in [6, 6.07) is 0. The lowest BCUT2D eigenvalue weighted by atomic mass is 10.3. The van der Waals surface area contributed by atoms with E-state index in [4.69, 9.17) is 0 Å². The third-order valence-corrected chi connectivity index (χ3v) is 3.93. The van der Waals surface area contributed by atoms with Crippen LogP contribution in [0.5, 0.6) is 0 Å². The molecule has 1 aliphatic heterocycles. The first-order valence-electron chi connectivity index (χ1n) is 5.83. The number of aliphatic hydroxyl groups excluding tert-OH is 1. The molecule has 1 aromatic heterocycles. The summed E-state index contributed by atoms with van der Waals surface area (Å²) in [4.78, 5) is 6.40. The number of nitrogens with one attached hydrogen (secondary N) is 1. The molecule has 1 atom stereocenters. The number of hydrogen-bond acceptors (Lipinski definition) is 6. The van der Waals surface area contributed by atoms with Gasteiger partial charge in [-0.2, -0.15) is 5.10 Å². The molecular formula is C10H19N5OS. The second-order valence-electron chi connectivity index (χ2n) is 4.18. The average Bonchev–Trinajstić information content (AvgIpc) is 2.74. The second-order valence-corrected chi connectivity index (χ2v) is 5.17. The zero-order valence-corrected chi connectivity index (χ0v) is 10.9. The zero-order chi connectivity index (χ0) is 12.1. The predicted molar refractivity (Wildman–Crippen MR) is 67.0 cm³/mol. The molecular weight excluding hydrogens is 238 g/mol. The molecule has 0 amide bonds. The smallest absolute Gasteiger partial charge is 0.185 e. The number of aliphatic hydroxyl groups is 1. The van der Waals surface area contributed by atoms with E-state index in [1.807, 2.05) is 7.05 Å². The van der Waals surface area contributed by atoms with Crippen LogP contribution in [0.25, 0.3) is 0 Å². The monoisotopic (exact) mass is 257 g/mol. The summed E-state index contributed by atoms with van der Waals surface area (Å²) in [5, 5.41) is 18.1. The van der Waals surface area contributed by atoms with Crippen molar-refractivity contribution >= 4 is 11.8 Å². The van der Waals surface area contributed by atoms with E-state index >= 15 is 0 Å². The number of piperazine rings is 1. The van der Waals surface area contributed by atoms with Crippen LogP contribution in [0.3, 0.4) is 0 Å². The van der Waals surface area contributed by atoms with Gasteiger partial charge in [0.1, 0.15) is 6.33 Å². The minimum atomic E-state index is -0.310. The summed E-state index contributed by atoms with van der Waals surface area (Å²) in [5.41, 5.74) is 0. The number of nitrogens with zero attached hydrogens (tertiary/aromatic N) is 4. The molecule has 7 heteroatoms. The Morgan fingerprint density at radius 1 is 1.53 bits per heavy atom. The molecule has 1 saturated heterocycles. The Bertz CT molecular complexity index is 339. The lowest BCUT2D eigenvalue weighted by Gasteiger charge is -2.28. The van der Waals surface area contributed by atoms with E-state index in [1.54, 1.807) is 16.4 Å². The number of aromatic nitrogens is 3. The van der Waals surface area contributed by atoms with Crippen LogP contribution in [0.1, 0.15) is 0 Å². The van der Waals surface area contributed by atoms with Crippen molar-refractivity contribution in [1.82, 2.24) is 25.0 Å². The van der Waals surface area contributed by atoms with Gasteiger partial charge in [0.15, 0.2) is 5.16 Å². The molecule has 1 fully saturated rings. The summed E-state index contributed by atoms with van der Waals surface area (Å²) in [6.07, 6.45) is 1.22. The van der Waals surface area contributed by atoms with E-state index < -0.39 is 0 Å². The van der Waals surface area contributed by atoms with Gasteiger partial charge in [-0.3, -0.25) is 4.90 Å². The van der Waals surface area contributed by atoms with Crippen LogP contribution in [-0.2, 0) is 7.05 Å². The van der Waals surface area contributed by atoms with Crippen molar-refractivity contribution in [2.75, 3.05) is 38.5 Å². The molecule has 6 nitrogen and oxygen atoms in total. The van der Waals surface area contributed by atoms with Crippen LogP contribution in [0, 0.1) is 0 Å². The predicted octanol–water partition coefficient (Wildman–Crippen LogP) is -0.827.